The van der Waals surface area contributed by atoms with Gasteiger partial charge in [-0.3, -0.25) is 0 Å². The highest BCUT2D eigenvalue weighted by Gasteiger charge is 2.22. The molecule has 4 fully saturated rings. The van der Waals surface area contributed by atoms with E-state index in [2.05, 4.69) is 53.4 Å². The number of benzene rings is 1. The Kier molecular flexibility index (Phi) is 13.1. The summed E-state index contributed by atoms with van der Waals surface area (Å²) in [6.45, 7) is 11.0. The van der Waals surface area contributed by atoms with Gasteiger partial charge in [-0.15, -0.1) is 0 Å². The first-order chi connectivity index (χ1) is 21.5. The summed E-state index contributed by atoms with van der Waals surface area (Å²) in [6, 6.07) is 10.3. The number of likely N-dealkylation sites (tertiary alicyclic amines) is 1. The molecule has 1 saturated carbocycles. The van der Waals surface area contributed by atoms with Crippen molar-refractivity contribution in [3.63, 3.8) is 0 Å². The molecule has 1 aromatic heterocycles. The Balaban J connectivity index is 0.000000323. The number of nitrogens with one attached hydrogen (secondary N) is 1. The molecule has 0 spiro atoms. The average Bonchev–Trinajstić information content (AvgIpc) is 3.74. The van der Waals surface area contributed by atoms with Gasteiger partial charge in [0.2, 0.25) is 5.88 Å². The quantitative estimate of drug-likeness (QED) is 0.410. The molecule has 3 saturated heterocycles. The maximum atomic E-state index is 12.6. The molecule has 9 nitrogen and oxygen atoms in total. The van der Waals surface area contributed by atoms with Crippen LogP contribution < -0.4 is 15.0 Å². The van der Waals surface area contributed by atoms with Crippen molar-refractivity contribution in [1.29, 1.82) is 0 Å². The fourth-order valence-corrected chi connectivity index (χ4v) is 5.63. The van der Waals surface area contributed by atoms with Gasteiger partial charge in [0, 0.05) is 57.9 Å². The van der Waals surface area contributed by atoms with E-state index in [1.807, 2.05) is 11.0 Å². The van der Waals surface area contributed by atoms with Crippen LogP contribution in [0.4, 0.5) is 29.5 Å². The normalized spacial score (nSPS) is 19.3. The van der Waals surface area contributed by atoms with Crippen molar-refractivity contribution in [2.24, 2.45) is 0 Å². The summed E-state index contributed by atoms with van der Waals surface area (Å²) in [5.41, 5.74) is 4.12. The molecule has 0 unspecified atom stereocenters. The van der Waals surface area contributed by atoms with Crippen LogP contribution in [0.1, 0.15) is 51.0 Å². The Hall–Kier alpha value is -3.09. The van der Waals surface area contributed by atoms with E-state index in [1.54, 1.807) is 0 Å². The number of carbonyl (C=O) groups is 1. The zero-order chi connectivity index (χ0) is 32.2. The summed E-state index contributed by atoms with van der Waals surface area (Å²) < 4.78 is 48.0. The lowest BCUT2D eigenvalue weighted by atomic mass is 10.00. The van der Waals surface area contributed by atoms with Gasteiger partial charge in [-0.25, -0.2) is 4.79 Å². The minimum absolute atomic E-state index is 0.0173. The second-order valence-corrected chi connectivity index (χ2v) is 12.0. The van der Waals surface area contributed by atoms with Crippen molar-refractivity contribution in [3.05, 3.63) is 35.9 Å². The molecule has 6 rings (SSSR count). The van der Waals surface area contributed by atoms with Crippen molar-refractivity contribution in [3.8, 4) is 17.0 Å². The van der Waals surface area contributed by atoms with E-state index in [1.165, 1.54) is 12.8 Å². The number of urea groups is 1. The number of hydrogen-bond donors (Lipinski definition) is 1. The van der Waals surface area contributed by atoms with Gasteiger partial charge < -0.3 is 34.2 Å². The molecule has 0 atom stereocenters. The highest BCUT2D eigenvalue weighted by atomic mass is 19.4. The van der Waals surface area contributed by atoms with Crippen molar-refractivity contribution >= 4 is 17.5 Å². The molecular formula is C33H48F3N5O4. The first-order valence-electron chi connectivity index (χ1n) is 16.1. The van der Waals surface area contributed by atoms with Gasteiger partial charge in [-0.05, 0) is 87.4 Å². The van der Waals surface area contributed by atoms with Gasteiger partial charge in [0.1, 0.15) is 11.9 Å². The number of anilines is 2. The molecular weight excluding hydrogens is 587 g/mol. The van der Waals surface area contributed by atoms with Crippen molar-refractivity contribution < 1.29 is 32.2 Å². The predicted molar refractivity (Wildman–Crippen MR) is 170 cm³/mol. The van der Waals surface area contributed by atoms with Crippen molar-refractivity contribution in [2.75, 3.05) is 83.0 Å². The summed E-state index contributed by atoms with van der Waals surface area (Å²) in [6.07, 6.45) is 3.04. The van der Waals surface area contributed by atoms with Crippen LogP contribution in [0.5, 0.6) is 5.88 Å². The zero-order valence-corrected chi connectivity index (χ0v) is 26.8. The molecule has 4 aliphatic rings. The number of ether oxygens (including phenoxy) is 3. The summed E-state index contributed by atoms with van der Waals surface area (Å²) in [5, 5.41) is 3.09. The monoisotopic (exact) mass is 635 g/mol. The molecule has 250 valence electrons. The third-order valence-electron chi connectivity index (χ3n) is 8.14. The number of halogens is 3. The number of morpholine rings is 2. The van der Waals surface area contributed by atoms with Crippen LogP contribution in [0.25, 0.3) is 11.1 Å². The van der Waals surface area contributed by atoms with Crippen molar-refractivity contribution in [1.82, 2.24) is 14.8 Å². The van der Waals surface area contributed by atoms with Crippen LogP contribution in [0.3, 0.4) is 0 Å². The molecule has 1 aromatic carbocycles. The number of aryl methyl sites for hydroxylation is 1. The molecule has 0 radical (unpaired) electrons. The van der Waals surface area contributed by atoms with E-state index in [4.69, 9.17) is 19.2 Å². The van der Waals surface area contributed by atoms with E-state index in [9.17, 15) is 18.0 Å². The Morgan fingerprint density at radius 2 is 1.51 bits per heavy atom. The average molecular weight is 636 g/mol. The van der Waals surface area contributed by atoms with Gasteiger partial charge in [-0.1, -0.05) is 6.07 Å². The predicted octanol–water partition coefficient (Wildman–Crippen LogP) is 6.36. The van der Waals surface area contributed by atoms with E-state index in [0.29, 0.717) is 19.1 Å². The van der Waals surface area contributed by atoms with Crippen LogP contribution in [-0.2, 0) is 9.47 Å². The van der Waals surface area contributed by atoms with E-state index >= 15 is 0 Å². The lowest BCUT2D eigenvalue weighted by Gasteiger charge is -2.29. The zero-order valence-electron chi connectivity index (χ0n) is 26.8. The lowest BCUT2D eigenvalue weighted by Crippen LogP contribution is -2.36. The third kappa shape index (κ3) is 12.0. The summed E-state index contributed by atoms with van der Waals surface area (Å²) in [4.78, 5) is 23.9. The molecule has 4 heterocycles. The van der Waals surface area contributed by atoms with Crippen LogP contribution in [0.15, 0.2) is 30.3 Å². The second-order valence-electron chi connectivity index (χ2n) is 12.0. The third-order valence-corrected chi connectivity index (χ3v) is 8.14. The number of hydrogen-bond acceptors (Lipinski definition) is 7. The molecule has 1 aliphatic carbocycles. The fraction of sp³-hybridized carbons (Fsp3) is 0.636. The highest BCUT2D eigenvalue weighted by Crippen LogP contribution is 2.33. The number of amides is 2. The topological polar surface area (TPSA) is 79.4 Å². The Labute approximate surface area is 265 Å². The number of nitrogens with zero attached hydrogens (tertiary/aromatic N) is 4. The highest BCUT2D eigenvalue weighted by molar-refractivity contribution is 5.90. The minimum atomic E-state index is -4.00. The van der Waals surface area contributed by atoms with Crippen LogP contribution in [0.2, 0.25) is 0 Å². The second kappa shape index (κ2) is 17.0. The van der Waals surface area contributed by atoms with Gasteiger partial charge in [0.05, 0.1) is 26.4 Å². The maximum Gasteiger partial charge on any atom is 0.386 e. The molecule has 45 heavy (non-hydrogen) atoms. The summed E-state index contributed by atoms with van der Waals surface area (Å²) in [5.74, 6) is 1.61. The number of alkyl halides is 3. The first-order valence-corrected chi connectivity index (χ1v) is 16.1. The van der Waals surface area contributed by atoms with Gasteiger partial charge >= 0.3 is 12.2 Å². The van der Waals surface area contributed by atoms with Crippen LogP contribution in [0, 0.1) is 6.92 Å². The standard InChI is InChI=1S/C26H34N4O3.C5H11NO.C2H3F3/c1-19-8-9-21(27-26(31)30-10-4-5-11-30)18-23(19)20-16-24(29-12-14-32-15-13-29)28-25(17-20)33-22-6-2-3-7-22;1-6-2-4-7-5-3-6;1-2(3,4)5/h8-9,16-18,22H,2-7,10-15H2,1H3,(H,27,31);2-5H2,1H3;1H3. The number of carbonyl (C=O) groups excluding carboxylic acids is 1. The van der Waals surface area contributed by atoms with Crippen molar-refractivity contribution in [2.45, 2.75) is 64.7 Å². The molecule has 0 bridgehead atoms. The molecule has 3 aliphatic heterocycles. The summed E-state index contributed by atoms with van der Waals surface area (Å²) >= 11 is 0. The van der Waals surface area contributed by atoms with E-state index in [0.717, 1.165) is 106 Å². The van der Waals surface area contributed by atoms with Crippen LogP contribution >= 0.6 is 0 Å². The number of rotatable bonds is 5. The van der Waals surface area contributed by atoms with E-state index < -0.39 is 6.18 Å². The lowest BCUT2D eigenvalue weighted by molar-refractivity contribution is -0.110. The van der Waals surface area contributed by atoms with Crippen LogP contribution in [-0.4, -0.2) is 106 Å². The van der Waals surface area contributed by atoms with Gasteiger partial charge in [0.15, 0.2) is 0 Å². The van der Waals surface area contributed by atoms with Gasteiger partial charge in [-0.2, -0.15) is 18.2 Å². The Morgan fingerprint density at radius 3 is 2.09 bits per heavy atom. The number of pyridine rings is 1. The Bertz CT molecular complexity index is 1200. The molecule has 1 N–H and O–H groups in total. The minimum Gasteiger partial charge on any atom is -0.474 e. The largest absolute Gasteiger partial charge is 0.474 e. The number of aromatic nitrogens is 1. The smallest absolute Gasteiger partial charge is 0.386 e. The van der Waals surface area contributed by atoms with Gasteiger partial charge in [0.25, 0.3) is 0 Å². The molecule has 2 aromatic rings. The maximum absolute atomic E-state index is 12.6. The Morgan fingerprint density at radius 1 is 0.911 bits per heavy atom. The molecule has 2 amide bonds. The van der Waals surface area contributed by atoms with E-state index in [-0.39, 0.29) is 19.1 Å². The fourth-order valence-electron chi connectivity index (χ4n) is 5.63. The summed E-state index contributed by atoms with van der Waals surface area (Å²) in [7, 11) is 2.11. The number of likely N-dealkylation sites (N-methyl/N-ethyl adjacent to an activating group) is 1. The SMILES string of the molecule is CC(F)(F)F.CN1CCOCC1.Cc1ccc(NC(=O)N2CCCC2)cc1-c1cc(OC2CCCC2)nc(N2CCOCC2)c1. The molecule has 12 heteroatoms. The first kappa shape index (κ1) is 34.8.